The summed E-state index contributed by atoms with van der Waals surface area (Å²) in [6, 6.07) is 18.5. The van der Waals surface area contributed by atoms with Gasteiger partial charge in [0.05, 0.1) is 17.2 Å². The second kappa shape index (κ2) is 11.0. The van der Waals surface area contributed by atoms with Crippen molar-refractivity contribution in [3.63, 3.8) is 0 Å². The predicted octanol–water partition coefficient (Wildman–Crippen LogP) is 7.30. The SMILES string of the molecule is CCN1/C(=C\C=N\NC(=O)c2ccccc2)C(C)(Cc2cc(Cl)cc(Cl)c2Cl)c2cc(OC)ccc21. The van der Waals surface area contributed by atoms with E-state index in [0.717, 1.165) is 34.8 Å². The highest BCUT2D eigenvalue weighted by molar-refractivity contribution is 6.43. The quantitative estimate of drug-likeness (QED) is 0.194. The van der Waals surface area contributed by atoms with Crippen LogP contribution in [0.1, 0.15) is 35.3 Å². The number of carbonyl (C=O) groups excluding carboxylic acids is 1. The molecule has 0 bridgehead atoms. The van der Waals surface area contributed by atoms with Gasteiger partial charge in [-0.25, -0.2) is 5.43 Å². The average molecular weight is 543 g/mol. The molecule has 1 heterocycles. The van der Waals surface area contributed by atoms with Gasteiger partial charge in [-0.05, 0) is 79.9 Å². The summed E-state index contributed by atoms with van der Waals surface area (Å²) in [5.74, 6) is 0.483. The lowest BCUT2D eigenvalue weighted by Gasteiger charge is -2.30. The number of amides is 1. The molecule has 0 spiro atoms. The number of allylic oxidation sites excluding steroid dienone is 2. The number of hydrogen-bond donors (Lipinski definition) is 1. The Balaban J connectivity index is 1.74. The fraction of sp³-hybridized carbons (Fsp3) is 0.214. The summed E-state index contributed by atoms with van der Waals surface area (Å²) in [5, 5.41) is 5.59. The molecule has 3 aromatic rings. The first kappa shape index (κ1) is 26.1. The molecule has 1 aliphatic rings. The molecule has 4 rings (SSSR count). The molecule has 0 fully saturated rings. The van der Waals surface area contributed by atoms with Crippen LogP contribution >= 0.6 is 34.8 Å². The molecule has 3 aromatic carbocycles. The van der Waals surface area contributed by atoms with Crippen LogP contribution in [0.4, 0.5) is 5.69 Å². The molecule has 1 unspecified atom stereocenters. The summed E-state index contributed by atoms with van der Waals surface area (Å²) >= 11 is 19.3. The maximum absolute atomic E-state index is 12.4. The smallest absolute Gasteiger partial charge is 0.271 e. The van der Waals surface area contributed by atoms with E-state index in [1.807, 2.05) is 42.5 Å². The molecule has 0 saturated carbocycles. The molecule has 8 heteroatoms. The van der Waals surface area contributed by atoms with Gasteiger partial charge in [-0.15, -0.1) is 0 Å². The van der Waals surface area contributed by atoms with Gasteiger partial charge in [-0.1, -0.05) is 53.0 Å². The number of ether oxygens (including phenoxy) is 1. The number of rotatable bonds is 7. The Bertz CT molecular complexity index is 1340. The Morgan fingerprint density at radius 1 is 1.11 bits per heavy atom. The molecule has 0 aromatic heterocycles. The normalized spacial score (nSPS) is 18.1. The second-order valence-corrected chi connectivity index (χ2v) is 9.86. The number of hydrogen-bond acceptors (Lipinski definition) is 4. The van der Waals surface area contributed by atoms with Crippen molar-refractivity contribution < 1.29 is 9.53 Å². The number of hydrazone groups is 1. The molecule has 186 valence electrons. The predicted molar refractivity (Wildman–Crippen MR) is 149 cm³/mol. The van der Waals surface area contributed by atoms with Crippen LogP contribution in [-0.2, 0) is 11.8 Å². The third-order valence-corrected chi connectivity index (χ3v) is 7.44. The van der Waals surface area contributed by atoms with Gasteiger partial charge in [-0.3, -0.25) is 4.79 Å². The number of benzene rings is 3. The van der Waals surface area contributed by atoms with E-state index in [2.05, 4.69) is 35.3 Å². The van der Waals surface area contributed by atoms with Crippen molar-refractivity contribution in [3.05, 3.63) is 104 Å². The summed E-state index contributed by atoms with van der Waals surface area (Å²) in [6.45, 7) is 4.97. The maximum atomic E-state index is 12.4. The van der Waals surface area contributed by atoms with E-state index in [0.29, 0.717) is 27.1 Å². The number of carbonyl (C=O) groups is 1. The third kappa shape index (κ3) is 5.10. The number of nitrogens with zero attached hydrogens (tertiary/aromatic N) is 2. The summed E-state index contributed by atoms with van der Waals surface area (Å²) in [4.78, 5) is 14.6. The third-order valence-electron chi connectivity index (χ3n) is 6.38. The molecule has 0 aliphatic carbocycles. The van der Waals surface area contributed by atoms with Crippen LogP contribution in [0.2, 0.25) is 15.1 Å². The zero-order valence-electron chi connectivity index (χ0n) is 20.2. The molecular weight excluding hydrogens is 517 g/mol. The largest absolute Gasteiger partial charge is 0.497 e. The van der Waals surface area contributed by atoms with Gasteiger partial charge in [0.1, 0.15) is 5.75 Å². The molecule has 1 atom stereocenters. The molecule has 0 radical (unpaired) electrons. The van der Waals surface area contributed by atoms with Crippen LogP contribution in [0, 0.1) is 0 Å². The Labute approximate surface area is 226 Å². The Morgan fingerprint density at radius 3 is 2.56 bits per heavy atom. The van der Waals surface area contributed by atoms with Gasteiger partial charge < -0.3 is 9.64 Å². The standard InChI is InChI=1S/C28H26Cl3N3O2/c1-4-34-24-11-10-21(36-3)16-22(24)28(2,17-19-14-20(29)15-23(30)26(19)31)25(34)12-13-32-33-27(35)18-8-6-5-7-9-18/h5-16H,4,17H2,1-3H3,(H,33,35)/b25-12-,32-13+. The van der Waals surface area contributed by atoms with E-state index in [1.54, 1.807) is 31.5 Å². The first-order chi connectivity index (χ1) is 17.3. The van der Waals surface area contributed by atoms with Crippen molar-refractivity contribution in [1.82, 2.24) is 5.43 Å². The summed E-state index contributed by atoms with van der Waals surface area (Å²) in [6.07, 6.45) is 4.06. The molecule has 1 amide bonds. The number of fused-ring (bicyclic) bond motifs is 1. The molecule has 36 heavy (non-hydrogen) atoms. The highest BCUT2D eigenvalue weighted by Gasteiger charge is 2.43. The minimum Gasteiger partial charge on any atom is -0.497 e. The highest BCUT2D eigenvalue weighted by atomic mass is 35.5. The number of halogens is 3. The summed E-state index contributed by atoms with van der Waals surface area (Å²) < 4.78 is 5.54. The Kier molecular flexibility index (Phi) is 7.94. The average Bonchev–Trinajstić information content (AvgIpc) is 3.11. The second-order valence-electron chi connectivity index (χ2n) is 8.63. The first-order valence-corrected chi connectivity index (χ1v) is 12.6. The molecular formula is C28H26Cl3N3O2. The number of methoxy groups -OCH3 is 1. The molecule has 1 aliphatic heterocycles. The van der Waals surface area contributed by atoms with Crippen LogP contribution in [0.3, 0.4) is 0 Å². The Morgan fingerprint density at radius 2 is 1.86 bits per heavy atom. The molecule has 0 saturated heterocycles. The van der Waals surface area contributed by atoms with E-state index in [4.69, 9.17) is 39.5 Å². The van der Waals surface area contributed by atoms with E-state index >= 15 is 0 Å². The number of nitrogens with one attached hydrogen (secondary N) is 1. The van der Waals surface area contributed by atoms with Crippen molar-refractivity contribution in [1.29, 1.82) is 0 Å². The molecule has 1 N–H and O–H groups in total. The van der Waals surface area contributed by atoms with Crippen molar-refractivity contribution >= 4 is 52.6 Å². The van der Waals surface area contributed by atoms with Crippen LogP contribution in [0.15, 0.2) is 77.5 Å². The first-order valence-electron chi connectivity index (χ1n) is 11.5. The van der Waals surface area contributed by atoms with Crippen LogP contribution in [-0.4, -0.2) is 25.8 Å². The fourth-order valence-electron chi connectivity index (χ4n) is 4.66. The minimum atomic E-state index is -0.507. The van der Waals surface area contributed by atoms with E-state index in [-0.39, 0.29) is 5.91 Å². The van der Waals surface area contributed by atoms with Gasteiger partial charge in [0, 0.05) is 40.1 Å². The van der Waals surface area contributed by atoms with Gasteiger partial charge in [0.15, 0.2) is 0 Å². The summed E-state index contributed by atoms with van der Waals surface area (Å²) in [7, 11) is 1.65. The number of anilines is 1. The fourth-order valence-corrected chi connectivity index (χ4v) is 5.37. The van der Waals surface area contributed by atoms with Crippen molar-refractivity contribution in [2.24, 2.45) is 5.10 Å². The monoisotopic (exact) mass is 541 g/mol. The van der Waals surface area contributed by atoms with Gasteiger partial charge in [0.25, 0.3) is 5.91 Å². The zero-order valence-corrected chi connectivity index (χ0v) is 22.5. The topological polar surface area (TPSA) is 53.9 Å². The van der Waals surface area contributed by atoms with Gasteiger partial charge in [0.2, 0.25) is 0 Å². The lowest BCUT2D eigenvalue weighted by Crippen LogP contribution is -2.31. The Hall–Kier alpha value is -2.99. The van der Waals surface area contributed by atoms with E-state index in [1.165, 1.54) is 0 Å². The van der Waals surface area contributed by atoms with Crippen molar-refractivity contribution in [2.75, 3.05) is 18.6 Å². The lowest BCUT2D eigenvalue weighted by molar-refractivity contribution is 0.0955. The van der Waals surface area contributed by atoms with E-state index in [9.17, 15) is 4.79 Å². The summed E-state index contributed by atoms with van der Waals surface area (Å²) in [5.41, 5.74) is 6.61. The van der Waals surface area contributed by atoms with Crippen molar-refractivity contribution in [2.45, 2.75) is 25.7 Å². The van der Waals surface area contributed by atoms with Crippen LogP contribution < -0.4 is 15.1 Å². The van der Waals surface area contributed by atoms with Crippen LogP contribution in [0.5, 0.6) is 5.75 Å². The lowest BCUT2D eigenvalue weighted by atomic mass is 9.76. The van der Waals surface area contributed by atoms with Gasteiger partial charge >= 0.3 is 0 Å². The number of likely N-dealkylation sites (N-methyl/N-ethyl adjacent to an activating group) is 1. The van der Waals surface area contributed by atoms with Crippen molar-refractivity contribution in [3.8, 4) is 5.75 Å². The van der Waals surface area contributed by atoms with Crippen LogP contribution in [0.25, 0.3) is 0 Å². The van der Waals surface area contributed by atoms with E-state index < -0.39 is 5.41 Å². The van der Waals surface area contributed by atoms with Gasteiger partial charge in [-0.2, -0.15) is 5.10 Å². The molecule has 5 nitrogen and oxygen atoms in total. The highest BCUT2D eigenvalue weighted by Crippen LogP contribution is 2.51. The maximum Gasteiger partial charge on any atom is 0.271 e. The minimum absolute atomic E-state index is 0.278. The zero-order chi connectivity index (χ0) is 25.9.